The Labute approximate surface area is 171 Å². The highest BCUT2D eigenvalue weighted by molar-refractivity contribution is 7.71. The van der Waals surface area contributed by atoms with E-state index in [1.54, 1.807) is 23.7 Å². The molecule has 29 heavy (non-hydrogen) atoms. The van der Waals surface area contributed by atoms with Gasteiger partial charge < -0.3 is 15.2 Å². The highest BCUT2D eigenvalue weighted by Crippen LogP contribution is 2.26. The number of hydrogen-bond donors (Lipinski definition) is 3. The lowest BCUT2D eigenvalue weighted by molar-refractivity contribution is -0.384. The van der Waals surface area contributed by atoms with Gasteiger partial charge in [0.2, 0.25) is 0 Å². The number of aromatic amines is 1. The standard InChI is InChI=1S/C19H20N6O3S/c1-24-17(22-23-19(24)29)9-10-20-18(26)14-7-8-15(16(11-14)25(27)28)21-12-13-5-3-2-4-6-13/h2-8,11,21H,9-10,12H2,1H3,(H,20,26)(H,23,29). The van der Waals surface area contributed by atoms with Gasteiger partial charge in [-0.2, -0.15) is 5.10 Å². The van der Waals surface area contributed by atoms with E-state index in [2.05, 4.69) is 20.8 Å². The summed E-state index contributed by atoms with van der Waals surface area (Å²) in [6.45, 7) is 0.771. The first-order valence-electron chi connectivity index (χ1n) is 8.90. The molecule has 150 valence electrons. The van der Waals surface area contributed by atoms with Crippen molar-refractivity contribution in [2.45, 2.75) is 13.0 Å². The van der Waals surface area contributed by atoms with Crippen molar-refractivity contribution in [1.82, 2.24) is 20.1 Å². The molecule has 0 unspecified atom stereocenters. The van der Waals surface area contributed by atoms with Gasteiger partial charge in [0.1, 0.15) is 11.5 Å². The molecule has 0 aliphatic heterocycles. The molecular weight excluding hydrogens is 392 g/mol. The molecule has 0 spiro atoms. The summed E-state index contributed by atoms with van der Waals surface area (Å²) < 4.78 is 2.22. The van der Waals surface area contributed by atoms with Gasteiger partial charge in [0.25, 0.3) is 11.6 Å². The van der Waals surface area contributed by atoms with E-state index in [9.17, 15) is 14.9 Å². The van der Waals surface area contributed by atoms with Crippen molar-refractivity contribution >= 4 is 29.5 Å². The van der Waals surface area contributed by atoms with Gasteiger partial charge in [-0.3, -0.25) is 20.0 Å². The van der Waals surface area contributed by atoms with Crippen molar-refractivity contribution in [2.24, 2.45) is 7.05 Å². The maximum Gasteiger partial charge on any atom is 0.293 e. The van der Waals surface area contributed by atoms with Crippen LogP contribution in [0.4, 0.5) is 11.4 Å². The Kier molecular flexibility index (Phi) is 6.35. The van der Waals surface area contributed by atoms with Crippen LogP contribution < -0.4 is 10.6 Å². The Morgan fingerprint density at radius 3 is 2.69 bits per heavy atom. The summed E-state index contributed by atoms with van der Waals surface area (Å²) >= 11 is 5.04. The first-order chi connectivity index (χ1) is 14.0. The van der Waals surface area contributed by atoms with E-state index in [1.807, 2.05) is 30.3 Å². The second kappa shape index (κ2) is 9.11. The van der Waals surface area contributed by atoms with Gasteiger partial charge in [-0.15, -0.1) is 0 Å². The summed E-state index contributed by atoms with van der Waals surface area (Å²) in [6, 6.07) is 13.9. The van der Waals surface area contributed by atoms with Gasteiger partial charge in [0.15, 0.2) is 4.77 Å². The van der Waals surface area contributed by atoms with Crippen LogP contribution in [0.1, 0.15) is 21.7 Å². The van der Waals surface area contributed by atoms with E-state index in [4.69, 9.17) is 12.2 Å². The quantitative estimate of drug-likeness (QED) is 0.297. The largest absolute Gasteiger partial charge is 0.375 e. The van der Waals surface area contributed by atoms with Crippen LogP contribution >= 0.6 is 12.2 Å². The summed E-state index contributed by atoms with van der Waals surface area (Å²) in [4.78, 5) is 23.3. The molecule has 0 bridgehead atoms. The number of rotatable bonds is 8. The van der Waals surface area contributed by atoms with E-state index in [1.165, 1.54) is 6.07 Å². The van der Waals surface area contributed by atoms with Gasteiger partial charge in [-0.1, -0.05) is 30.3 Å². The van der Waals surface area contributed by atoms with Gasteiger partial charge >= 0.3 is 0 Å². The smallest absolute Gasteiger partial charge is 0.293 e. The molecule has 1 heterocycles. The number of nitrogens with one attached hydrogen (secondary N) is 3. The number of nitro benzene ring substituents is 1. The average molecular weight is 412 g/mol. The maximum atomic E-state index is 12.4. The number of aromatic nitrogens is 3. The van der Waals surface area contributed by atoms with Crippen molar-refractivity contribution in [2.75, 3.05) is 11.9 Å². The van der Waals surface area contributed by atoms with Gasteiger partial charge in [0.05, 0.1) is 4.92 Å². The molecule has 0 atom stereocenters. The number of nitro groups is 1. The van der Waals surface area contributed by atoms with E-state index >= 15 is 0 Å². The lowest BCUT2D eigenvalue weighted by atomic mass is 10.1. The Bertz CT molecular complexity index is 1080. The van der Waals surface area contributed by atoms with Gasteiger partial charge in [0, 0.05) is 38.2 Å². The van der Waals surface area contributed by atoms with E-state index in [0.29, 0.717) is 35.8 Å². The Hall–Kier alpha value is -3.53. The molecule has 0 saturated heterocycles. The normalized spacial score (nSPS) is 10.5. The summed E-state index contributed by atoms with van der Waals surface area (Å²) in [5.41, 5.74) is 1.43. The van der Waals surface area contributed by atoms with Crippen LogP contribution in [0.2, 0.25) is 0 Å². The number of carbonyl (C=O) groups is 1. The molecule has 3 aromatic rings. The molecule has 2 aromatic carbocycles. The maximum absolute atomic E-state index is 12.4. The number of benzene rings is 2. The monoisotopic (exact) mass is 412 g/mol. The van der Waals surface area contributed by atoms with E-state index in [0.717, 1.165) is 5.56 Å². The summed E-state index contributed by atoms with van der Waals surface area (Å²) in [7, 11) is 1.79. The second-order valence-electron chi connectivity index (χ2n) is 6.34. The summed E-state index contributed by atoms with van der Waals surface area (Å²) in [5.74, 6) is 0.321. The number of nitrogens with zero attached hydrogens (tertiary/aromatic N) is 3. The summed E-state index contributed by atoms with van der Waals surface area (Å²) in [5, 5.41) is 24.0. The fourth-order valence-corrected chi connectivity index (χ4v) is 2.91. The van der Waals surface area contributed by atoms with Crippen LogP contribution in [-0.2, 0) is 20.0 Å². The third kappa shape index (κ3) is 5.05. The third-order valence-corrected chi connectivity index (χ3v) is 4.75. The zero-order valence-corrected chi connectivity index (χ0v) is 16.5. The van der Waals surface area contributed by atoms with E-state index < -0.39 is 4.92 Å². The van der Waals surface area contributed by atoms with Crippen molar-refractivity contribution in [3.63, 3.8) is 0 Å². The average Bonchev–Trinajstić information content (AvgIpc) is 3.05. The number of amides is 1. The fourth-order valence-electron chi connectivity index (χ4n) is 2.76. The van der Waals surface area contributed by atoms with Crippen LogP contribution in [0, 0.1) is 14.9 Å². The fraction of sp³-hybridized carbons (Fsp3) is 0.211. The molecule has 0 aliphatic rings. The molecule has 0 fully saturated rings. The first kappa shape index (κ1) is 20.2. The molecule has 3 N–H and O–H groups in total. The van der Waals surface area contributed by atoms with Crippen LogP contribution in [0.25, 0.3) is 0 Å². The molecule has 0 aliphatic carbocycles. The van der Waals surface area contributed by atoms with Crippen molar-refractivity contribution in [1.29, 1.82) is 0 Å². The molecular formula is C19H20N6O3S. The van der Waals surface area contributed by atoms with Crippen LogP contribution in [-0.4, -0.2) is 32.1 Å². The summed E-state index contributed by atoms with van der Waals surface area (Å²) in [6.07, 6.45) is 0.480. The van der Waals surface area contributed by atoms with Gasteiger partial charge in [-0.25, -0.2) is 0 Å². The highest BCUT2D eigenvalue weighted by atomic mass is 32.1. The number of anilines is 1. The lowest BCUT2D eigenvalue weighted by Crippen LogP contribution is -2.26. The predicted molar refractivity (Wildman–Crippen MR) is 111 cm³/mol. The molecule has 0 saturated carbocycles. The Morgan fingerprint density at radius 1 is 1.28 bits per heavy atom. The number of H-pyrrole nitrogens is 1. The Morgan fingerprint density at radius 2 is 2.03 bits per heavy atom. The zero-order valence-electron chi connectivity index (χ0n) is 15.7. The molecule has 1 amide bonds. The molecule has 3 rings (SSSR count). The number of carbonyl (C=O) groups excluding carboxylic acids is 1. The van der Waals surface area contributed by atoms with Crippen molar-refractivity contribution in [3.05, 3.63) is 80.4 Å². The molecule has 9 nitrogen and oxygen atoms in total. The van der Waals surface area contributed by atoms with Gasteiger partial charge in [-0.05, 0) is 29.9 Å². The number of hydrogen-bond acceptors (Lipinski definition) is 6. The minimum absolute atomic E-state index is 0.150. The molecule has 0 radical (unpaired) electrons. The minimum atomic E-state index is -0.501. The second-order valence-corrected chi connectivity index (χ2v) is 6.72. The van der Waals surface area contributed by atoms with Crippen molar-refractivity contribution in [3.8, 4) is 0 Å². The third-order valence-electron chi connectivity index (χ3n) is 4.39. The SMILES string of the molecule is Cn1c(CCNC(=O)c2ccc(NCc3ccccc3)c([N+](=O)[O-])c2)n[nH]c1=S. The van der Waals surface area contributed by atoms with Crippen molar-refractivity contribution < 1.29 is 9.72 Å². The lowest BCUT2D eigenvalue weighted by Gasteiger charge is -2.09. The Balaban J connectivity index is 1.65. The first-order valence-corrected chi connectivity index (χ1v) is 9.31. The van der Waals surface area contributed by atoms with Crippen LogP contribution in [0.3, 0.4) is 0 Å². The topological polar surface area (TPSA) is 118 Å². The van der Waals surface area contributed by atoms with Crippen LogP contribution in [0.15, 0.2) is 48.5 Å². The molecule has 1 aromatic heterocycles. The molecule has 10 heteroatoms. The highest BCUT2D eigenvalue weighted by Gasteiger charge is 2.17. The minimum Gasteiger partial charge on any atom is -0.375 e. The predicted octanol–water partition coefficient (Wildman–Crippen LogP) is 2.97. The van der Waals surface area contributed by atoms with E-state index in [-0.39, 0.29) is 17.2 Å². The van der Waals surface area contributed by atoms with Crippen LogP contribution in [0.5, 0.6) is 0 Å². The zero-order chi connectivity index (χ0) is 20.8.